The molecule has 0 fully saturated rings. The topological polar surface area (TPSA) is 24.1 Å². The van der Waals surface area contributed by atoms with Crippen molar-refractivity contribution in [3.63, 3.8) is 0 Å². The molecule has 0 aliphatic heterocycles. The first kappa shape index (κ1) is 15.5. The van der Waals surface area contributed by atoms with E-state index in [0.29, 0.717) is 0 Å². The molecule has 0 aromatic heterocycles. The van der Waals surface area contributed by atoms with Crippen LogP contribution >= 0.6 is 0 Å². The second-order valence-electron chi connectivity index (χ2n) is 3.79. The summed E-state index contributed by atoms with van der Waals surface area (Å²) < 4.78 is 88.1. The summed E-state index contributed by atoms with van der Waals surface area (Å²) in [5, 5.41) is 0. The molecule has 0 heterocycles. The minimum atomic E-state index is -4.50. The smallest absolute Gasteiger partial charge is 0.316 e. The van der Waals surface area contributed by atoms with Gasteiger partial charge in [-0.25, -0.2) is 23.0 Å². The molecule has 108 valence electrons. The van der Waals surface area contributed by atoms with Crippen molar-refractivity contribution in [1.82, 2.24) is 5.43 Å². The van der Waals surface area contributed by atoms with Crippen LogP contribution < -0.4 is 10.9 Å². The van der Waals surface area contributed by atoms with Gasteiger partial charge in [0, 0.05) is 12.6 Å². The fraction of sp³-hybridized carbons (Fsp3) is 0.400. The molecule has 1 aromatic rings. The molecule has 19 heavy (non-hydrogen) atoms. The predicted octanol–water partition coefficient (Wildman–Crippen LogP) is 3.36. The molecule has 1 unspecified atom stereocenters. The molecular weight excluding hydrogens is 281 g/mol. The Labute approximate surface area is 103 Å². The first-order valence-corrected chi connectivity index (χ1v) is 5.03. The summed E-state index contributed by atoms with van der Waals surface area (Å²) in [6, 6.07) is -0.00577. The van der Waals surface area contributed by atoms with Gasteiger partial charge in [0.15, 0.2) is 23.3 Å². The van der Waals surface area contributed by atoms with Crippen LogP contribution in [0.5, 0.6) is 0 Å². The molecule has 0 amide bonds. The van der Waals surface area contributed by atoms with Crippen molar-refractivity contribution in [1.29, 1.82) is 0 Å². The number of nitrogens with one attached hydrogen (secondary N) is 2. The van der Waals surface area contributed by atoms with E-state index in [1.54, 1.807) is 5.43 Å². The van der Waals surface area contributed by atoms with Gasteiger partial charge in [0.25, 0.3) is 0 Å². The Morgan fingerprint density at radius 3 is 1.95 bits per heavy atom. The Morgan fingerprint density at radius 1 is 1.05 bits per heavy atom. The first-order chi connectivity index (χ1) is 8.64. The van der Waals surface area contributed by atoms with E-state index in [2.05, 4.69) is 0 Å². The monoisotopic (exact) mass is 290 g/mol. The number of alkyl halides is 3. The maximum atomic E-state index is 13.1. The zero-order valence-electron chi connectivity index (χ0n) is 9.51. The van der Waals surface area contributed by atoms with Crippen LogP contribution in [0, 0.1) is 29.2 Å². The lowest BCUT2D eigenvalue weighted by molar-refractivity contribution is -0.167. The third-order valence-corrected chi connectivity index (χ3v) is 2.29. The third-order valence-electron chi connectivity index (χ3n) is 2.29. The maximum Gasteiger partial charge on any atom is 0.392 e. The summed E-state index contributed by atoms with van der Waals surface area (Å²) in [7, 11) is 0. The minimum Gasteiger partial charge on any atom is -0.316 e. The van der Waals surface area contributed by atoms with Crippen LogP contribution in [-0.2, 0) is 0 Å². The average Bonchev–Trinajstić information content (AvgIpc) is 2.29. The van der Waals surface area contributed by atoms with E-state index >= 15 is 0 Å². The van der Waals surface area contributed by atoms with Crippen LogP contribution in [0.4, 0.5) is 36.4 Å². The molecule has 0 radical (unpaired) electrons. The highest BCUT2D eigenvalue weighted by Crippen LogP contribution is 2.26. The molecule has 1 atom stereocenters. The molecule has 0 saturated carbocycles. The molecule has 1 rings (SSSR count). The van der Waals surface area contributed by atoms with Gasteiger partial charge in [0.05, 0.1) is 5.92 Å². The summed E-state index contributed by atoms with van der Waals surface area (Å²) in [5.74, 6) is -8.60. The quantitative estimate of drug-likeness (QED) is 0.505. The number of halogens is 7. The predicted molar refractivity (Wildman–Crippen MR) is 53.1 cm³/mol. The van der Waals surface area contributed by atoms with Crippen LogP contribution in [-0.4, -0.2) is 12.7 Å². The molecule has 9 heteroatoms. The Morgan fingerprint density at radius 2 is 1.53 bits per heavy atom. The molecule has 0 saturated heterocycles. The number of hydrogen-bond donors (Lipinski definition) is 2. The zero-order chi connectivity index (χ0) is 14.8. The van der Waals surface area contributed by atoms with E-state index in [9.17, 15) is 30.7 Å². The third kappa shape index (κ3) is 3.72. The largest absolute Gasteiger partial charge is 0.392 e. The first-order valence-electron chi connectivity index (χ1n) is 5.03. The van der Waals surface area contributed by atoms with E-state index in [1.807, 2.05) is 5.43 Å². The number of anilines is 1. The minimum absolute atomic E-state index is 0.00577. The van der Waals surface area contributed by atoms with Crippen LogP contribution in [0.15, 0.2) is 6.07 Å². The fourth-order valence-electron chi connectivity index (χ4n) is 1.09. The van der Waals surface area contributed by atoms with E-state index in [4.69, 9.17) is 0 Å². The van der Waals surface area contributed by atoms with Gasteiger partial charge in [-0.3, -0.25) is 0 Å². The van der Waals surface area contributed by atoms with Gasteiger partial charge in [0.1, 0.15) is 5.69 Å². The average molecular weight is 290 g/mol. The second-order valence-corrected chi connectivity index (χ2v) is 3.79. The lowest BCUT2D eigenvalue weighted by atomic mass is 10.2. The van der Waals surface area contributed by atoms with E-state index < -0.39 is 47.6 Å². The zero-order valence-corrected chi connectivity index (χ0v) is 9.51. The van der Waals surface area contributed by atoms with Crippen LogP contribution in [0.2, 0.25) is 0 Å². The highest BCUT2D eigenvalue weighted by atomic mass is 19.4. The van der Waals surface area contributed by atoms with E-state index in [1.165, 1.54) is 0 Å². The van der Waals surface area contributed by atoms with Gasteiger partial charge in [0.2, 0.25) is 0 Å². The normalized spacial score (nSPS) is 13.5. The van der Waals surface area contributed by atoms with Crippen LogP contribution in [0.3, 0.4) is 0 Å². The molecule has 0 aliphatic carbocycles. The summed E-state index contributed by atoms with van der Waals surface area (Å²) in [5.41, 5.74) is 2.33. The van der Waals surface area contributed by atoms with Crippen molar-refractivity contribution in [2.24, 2.45) is 5.92 Å². The molecule has 1 aromatic carbocycles. The van der Waals surface area contributed by atoms with Crippen molar-refractivity contribution in [2.75, 3.05) is 12.0 Å². The van der Waals surface area contributed by atoms with Crippen molar-refractivity contribution in [3.05, 3.63) is 29.3 Å². The number of rotatable bonds is 4. The highest BCUT2D eigenvalue weighted by molar-refractivity contribution is 5.46. The lowest BCUT2D eigenvalue weighted by Crippen LogP contribution is -2.35. The van der Waals surface area contributed by atoms with Crippen LogP contribution in [0.25, 0.3) is 0 Å². The van der Waals surface area contributed by atoms with Crippen molar-refractivity contribution in [3.8, 4) is 0 Å². The van der Waals surface area contributed by atoms with E-state index in [0.717, 1.165) is 6.92 Å². The van der Waals surface area contributed by atoms with Gasteiger partial charge in [-0.1, -0.05) is 6.92 Å². The Balaban J connectivity index is 2.74. The summed E-state index contributed by atoms with van der Waals surface area (Å²) in [6.45, 7) is 0.0913. The number of hydrazine groups is 1. The van der Waals surface area contributed by atoms with Crippen molar-refractivity contribution < 1.29 is 30.7 Å². The highest BCUT2D eigenvalue weighted by Gasteiger charge is 2.35. The fourth-order valence-corrected chi connectivity index (χ4v) is 1.09. The second kappa shape index (κ2) is 5.64. The summed E-state index contributed by atoms with van der Waals surface area (Å²) >= 11 is 0. The van der Waals surface area contributed by atoms with Gasteiger partial charge < -0.3 is 5.43 Å². The standard InChI is InChI=1S/C10H9F7N2/c1-4(10(15,16)17)3-18-19-9-7(13)5(11)2-6(12)8(9)14/h2,4,18-19H,3H2,1H3. The molecule has 2 N–H and O–H groups in total. The molecule has 2 nitrogen and oxygen atoms in total. The lowest BCUT2D eigenvalue weighted by Gasteiger charge is -2.17. The number of hydrogen-bond acceptors (Lipinski definition) is 2. The van der Waals surface area contributed by atoms with Gasteiger partial charge in [-0.15, -0.1) is 0 Å². The van der Waals surface area contributed by atoms with E-state index in [-0.39, 0.29) is 6.07 Å². The van der Waals surface area contributed by atoms with Crippen LogP contribution in [0.1, 0.15) is 6.92 Å². The summed E-state index contributed by atoms with van der Waals surface area (Å²) in [4.78, 5) is 0. The maximum absolute atomic E-state index is 13.1. The molecular formula is C10H9F7N2. The number of benzene rings is 1. The molecule has 0 bridgehead atoms. The molecule has 0 spiro atoms. The SMILES string of the molecule is CC(CNNc1c(F)c(F)cc(F)c1F)C(F)(F)F. The van der Waals surface area contributed by atoms with Crippen molar-refractivity contribution >= 4 is 5.69 Å². The van der Waals surface area contributed by atoms with Gasteiger partial charge >= 0.3 is 6.18 Å². The molecule has 0 aliphatic rings. The van der Waals surface area contributed by atoms with Gasteiger partial charge in [-0.2, -0.15) is 13.2 Å². The Bertz CT molecular complexity index is 432. The summed E-state index contributed by atoms with van der Waals surface area (Å²) in [6.07, 6.45) is -4.50. The van der Waals surface area contributed by atoms with Crippen molar-refractivity contribution in [2.45, 2.75) is 13.1 Å². The van der Waals surface area contributed by atoms with Gasteiger partial charge in [-0.05, 0) is 0 Å². The Hall–Kier alpha value is -1.51. The Kier molecular flexibility index (Phi) is 4.61.